The molecule has 2 unspecified atom stereocenters. The second-order valence-corrected chi connectivity index (χ2v) is 8.57. The third-order valence-electron chi connectivity index (χ3n) is 6.08. The molecule has 1 aromatic heterocycles. The number of aromatic nitrogens is 4. The number of aliphatic hydroxyl groups excluding tert-OH is 1. The summed E-state index contributed by atoms with van der Waals surface area (Å²) in [5, 5.41) is 23.9. The van der Waals surface area contributed by atoms with Gasteiger partial charge in [0, 0.05) is 18.6 Å². The number of aryl methyl sites for hydroxylation is 1. The number of rotatable bonds is 6. The third kappa shape index (κ3) is 5.01. The SMILES string of the molecule is COC(=O)c1cc(-c2nnn(C)n2)c2ccc(OCc3cccc(C4CC(O)CCO4)c3)cc2c1. The normalized spacial score (nSPS) is 17.9. The molecule has 0 amide bonds. The number of hydrogen-bond donors (Lipinski definition) is 1. The van der Waals surface area contributed by atoms with Gasteiger partial charge in [0.1, 0.15) is 12.4 Å². The Morgan fingerprint density at radius 3 is 2.86 bits per heavy atom. The van der Waals surface area contributed by atoms with Crippen molar-refractivity contribution in [2.75, 3.05) is 13.7 Å². The molecular formula is C26H26N4O5. The largest absolute Gasteiger partial charge is 0.489 e. The number of fused-ring (bicyclic) bond motifs is 1. The lowest BCUT2D eigenvalue weighted by molar-refractivity contribution is -0.0448. The summed E-state index contributed by atoms with van der Waals surface area (Å²) >= 11 is 0. The van der Waals surface area contributed by atoms with E-state index in [2.05, 4.69) is 21.5 Å². The number of methoxy groups -OCH3 is 1. The standard InChI is InChI=1S/C26H26N4O5/c1-30-28-25(27-29-30)23-13-19(26(32)33-2)11-18-12-21(6-7-22(18)23)35-15-16-4-3-5-17(10-16)24-14-20(31)8-9-34-24/h3-7,10-13,20,24,31H,8-9,14-15H2,1-2H3. The van der Waals surface area contributed by atoms with Crippen molar-refractivity contribution in [1.82, 2.24) is 20.2 Å². The quantitative estimate of drug-likeness (QED) is 0.422. The van der Waals surface area contributed by atoms with E-state index in [9.17, 15) is 9.90 Å². The highest BCUT2D eigenvalue weighted by molar-refractivity contribution is 6.02. The number of aliphatic hydroxyl groups is 1. The highest BCUT2D eigenvalue weighted by Gasteiger charge is 2.22. The first kappa shape index (κ1) is 22.9. The molecular weight excluding hydrogens is 448 g/mol. The summed E-state index contributed by atoms with van der Waals surface area (Å²) in [6.45, 7) is 0.924. The zero-order chi connectivity index (χ0) is 24.4. The van der Waals surface area contributed by atoms with Crippen LogP contribution in [-0.2, 0) is 23.1 Å². The predicted octanol–water partition coefficient (Wildman–Crippen LogP) is 3.61. The van der Waals surface area contributed by atoms with Crippen LogP contribution >= 0.6 is 0 Å². The average Bonchev–Trinajstić information content (AvgIpc) is 3.32. The van der Waals surface area contributed by atoms with Crippen LogP contribution in [0.5, 0.6) is 5.75 Å². The number of carbonyl (C=O) groups excluding carboxylic acids is 1. The van der Waals surface area contributed by atoms with Crippen molar-refractivity contribution in [1.29, 1.82) is 0 Å². The van der Waals surface area contributed by atoms with E-state index in [1.165, 1.54) is 11.9 Å². The molecule has 35 heavy (non-hydrogen) atoms. The van der Waals surface area contributed by atoms with Gasteiger partial charge in [0.2, 0.25) is 5.82 Å². The third-order valence-corrected chi connectivity index (χ3v) is 6.08. The Kier molecular flexibility index (Phi) is 6.43. The van der Waals surface area contributed by atoms with E-state index < -0.39 is 5.97 Å². The fourth-order valence-electron chi connectivity index (χ4n) is 4.31. The van der Waals surface area contributed by atoms with Crippen molar-refractivity contribution >= 4 is 16.7 Å². The minimum atomic E-state index is -0.449. The maximum Gasteiger partial charge on any atom is 0.337 e. The van der Waals surface area contributed by atoms with E-state index >= 15 is 0 Å². The Hall–Kier alpha value is -3.82. The summed E-state index contributed by atoms with van der Waals surface area (Å²) in [5.74, 6) is 0.631. The van der Waals surface area contributed by atoms with Crippen LogP contribution in [0.4, 0.5) is 0 Å². The van der Waals surface area contributed by atoms with Gasteiger partial charge in [-0.25, -0.2) is 4.79 Å². The lowest BCUT2D eigenvalue weighted by atomic mass is 9.98. The van der Waals surface area contributed by atoms with Gasteiger partial charge in [-0.1, -0.05) is 18.2 Å². The van der Waals surface area contributed by atoms with Gasteiger partial charge in [0.05, 0.1) is 31.9 Å². The number of hydrogen-bond acceptors (Lipinski definition) is 8. The lowest BCUT2D eigenvalue weighted by Crippen LogP contribution is -2.23. The molecule has 1 aliphatic heterocycles. The molecule has 180 valence electrons. The molecule has 0 bridgehead atoms. The van der Waals surface area contributed by atoms with E-state index in [0.717, 1.165) is 21.9 Å². The Balaban J connectivity index is 1.41. The predicted molar refractivity (Wildman–Crippen MR) is 128 cm³/mol. The van der Waals surface area contributed by atoms with Gasteiger partial charge in [-0.15, -0.1) is 10.2 Å². The molecule has 2 atom stereocenters. The maximum atomic E-state index is 12.3. The van der Waals surface area contributed by atoms with E-state index in [1.54, 1.807) is 19.2 Å². The van der Waals surface area contributed by atoms with Gasteiger partial charge < -0.3 is 19.3 Å². The van der Waals surface area contributed by atoms with Crippen LogP contribution in [0.25, 0.3) is 22.2 Å². The second kappa shape index (κ2) is 9.81. The molecule has 1 fully saturated rings. The Labute approximate surface area is 202 Å². The molecule has 1 aliphatic rings. The minimum Gasteiger partial charge on any atom is -0.489 e. The summed E-state index contributed by atoms with van der Waals surface area (Å²) in [6.07, 6.45) is 0.834. The fraction of sp³-hybridized carbons (Fsp3) is 0.308. The first-order valence-corrected chi connectivity index (χ1v) is 11.4. The van der Waals surface area contributed by atoms with Crippen LogP contribution in [0.15, 0.2) is 54.6 Å². The summed E-state index contributed by atoms with van der Waals surface area (Å²) in [5.41, 5.74) is 3.11. The van der Waals surface area contributed by atoms with Crippen molar-refractivity contribution in [2.24, 2.45) is 7.05 Å². The maximum absolute atomic E-state index is 12.3. The monoisotopic (exact) mass is 474 g/mol. The molecule has 2 heterocycles. The second-order valence-electron chi connectivity index (χ2n) is 8.57. The minimum absolute atomic E-state index is 0.107. The lowest BCUT2D eigenvalue weighted by Gasteiger charge is -2.27. The molecule has 9 nitrogen and oxygen atoms in total. The van der Waals surface area contributed by atoms with Gasteiger partial charge in [-0.2, -0.15) is 4.80 Å². The highest BCUT2D eigenvalue weighted by Crippen LogP contribution is 2.32. The van der Waals surface area contributed by atoms with Crippen LogP contribution in [0.3, 0.4) is 0 Å². The summed E-state index contributed by atoms with van der Waals surface area (Å²) in [7, 11) is 3.03. The van der Waals surface area contributed by atoms with Crippen molar-refractivity contribution in [3.05, 3.63) is 71.3 Å². The van der Waals surface area contributed by atoms with Crippen molar-refractivity contribution in [3.63, 3.8) is 0 Å². The van der Waals surface area contributed by atoms with Crippen LogP contribution in [0.2, 0.25) is 0 Å². The fourth-order valence-corrected chi connectivity index (χ4v) is 4.31. The molecule has 0 radical (unpaired) electrons. The van der Waals surface area contributed by atoms with Gasteiger partial charge in [0.15, 0.2) is 0 Å². The van der Waals surface area contributed by atoms with Crippen LogP contribution in [-0.4, -0.2) is 51.1 Å². The van der Waals surface area contributed by atoms with Crippen LogP contribution in [0, 0.1) is 0 Å². The zero-order valence-electron chi connectivity index (χ0n) is 19.5. The van der Waals surface area contributed by atoms with Crippen molar-refractivity contribution in [2.45, 2.75) is 31.7 Å². The van der Waals surface area contributed by atoms with Crippen molar-refractivity contribution < 1.29 is 24.1 Å². The summed E-state index contributed by atoms with van der Waals surface area (Å²) in [4.78, 5) is 13.7. The highest BCUT2D eigenvalue weighted by atomic mass is 16.5. The van der Waals surface area contributed by atoms with E-state index in [1.807, 2.05) is 36.4 Å². The van der Waals surface area contributed by atoms with Crippen LogP contribution < -0.4 is 4.74 Å². The molecule has 4 aromatic rings. The molecule has 0 aliphatic carbocycles. The molecule has 1 saturated heterocycles. The van der Waals surface area contributed by atoms with E-state index in [-0.39, 0.29) is 12.2 Å². The molecule has 0 saturated carbocycles. The molecule has 3 aromatic carbocycles. The summed E-state index contributed by atoms with van der Waals surface area (Å²) in [6, 6.07) is 17.2. The summed E-state index contributed by atoms with van der Waals surface area (Å²) < 4.78 is 16.8. The molecule has 5 rings (SSSR count). The van der Waals surface area contributed by atoms with Gasteiger partial charge >= 0.3 is 5.97 Å². The van der Waals surface area contributed by atoms with Gasteiger partial charge in [0.25, 0.3) is 0 Å². The Bertz CT molecular complexity index is 1370. The number of benzene rings is 3. The number of ether oxygens (including phenoxy) is 3. The van der Waals surface area contributed by atoms with Gasteiger partial charge in [-0.3, -0.25) is 0 Å². The molecule has 9 heteroatoms. The Morgan fingerprint density at radius 1 is 1.20 bits per heavy atom. The Morgan fingerprint density at radius 2 is 2.09 bits per heavy atom. The topological polar surface area (TPSA) is 109 Å². The number of carbonyl (C=O) groups is 1. The first-order chi connectivity index (χ1) is 17.0. The van der Waals surface area contributed by atoms with Crippen molar-refractivity contribution in [3.8, 4) is 17.1 Å². The first-order valence-electron chi connectivity index (χ1n) is 11.4. The van der Waals surface area contributed by atoms with Crippen LogP contribution in [0.1, 0.15) is 40.4 Å². The molecule has 1 N–H and O–H groups in total. The average molecular weight is 475 g/mol. The number of esters is 1. The smallest absolute Gasteiger partial charge is 0.337 e. The van der Waals surface area contributed by atoms with E-state index in [4.69, 9.17) is 14.2 Å². The zero-order valence-corrected chi connectivity index (χ0v) is 19.5. The van der Waals surface area contributed by atoms with E-state index in [0.29, 0.717) is 48.8 Å². The van der Waals surface area contributed by atoms with Gasteiger partial charge in [-0.05, 0) is 69.9 Å². The number of tetrazole rings is 1. The molecule has 0 spiro atoms. The number of nitrogens with zero attached hydrogens (tertiary/aromatic N) is 4.